The van der Waals surface area contributed by atoms with Gasteiger partial charge in [-0.15, -0.1) is 28.1 Å². The van der Waals surface area contributed by atoms with Crippen molar-refractivity contribution < 1.29 is 9.53 Å². The van der Waals surface area contributed by atoms with Gasteiger partial charge < -0.3 is 10.1 Å². The number of hydrogen-bond acceptors (Lipinski definition) is 7. The summed E-state index contributed by atoms with van der Waals surface area (Å²) in [6.45, 7) is 10.4. The number of thiazole rings is 1. The first-order valence-corrected chi connectivity index (χ1v) is 10.9. The standard InChI is InChI=1S/C20H23N5O2S2/c1-5-10-25-18(15(4)27-16-8-6-7-13(2)14(16)3)23-24-20(25)29-12-17(26)22-19-21-9-11-28-19/h5-9,11,15H,1,10,12H2,2-4H3,(H,21,22,26). The zero-order valence-electron chi connectivity index (χ0n) is 16.6. The number of nitrogens with one attached hydrogen (secondary N) is 1. The van der Waals surface area contributed by atoms with Crippen LogP contribution in [-0.4, -0.2) is 31.4 Å². The third-order valence-corrected chi connectivity index (χ3v) is 5.95. The summed E-state index contributed by atoms with van der Waals surface area (Å²) in [5.74, 6) is 1.58. The van der Waals surface area contributed by atoms with E-state index in [4.69, 9.17) is 4.74 Å². The predicted octanol–water partition coefficient (Wildman–Crippen LogP) is 4.41. The minimum Gasteiger partial charge on any atom is -0.482 e. The van der Waals surface area contributed by atoms with E-state index in [0.717, 1.165) is 11.3 Å². The molecule has 1 unspecified atom stereocenters. The zero-order valence-corrected chi connectivity index (χ0v) is 18.2. The van der Waals surface area contributed by atoms with E-state index >= 15 is 0 Å². The first-order valence-electron chi connectivity index (χ1n) is 9.08. The van der Waals surface area contributed by atoms with Crippen LogP contribution in [0.15, 0.2) is 47.6 Å². The average molecular weight is 430 g/mol. The van der Waals surface area contributed by atoms with Gasteiger partial charge in [0.15, 0.2) is 22.2 Å². The molecule has 29 heavy (non-hydrogen) atoms. The third-order valence-electron chi connectivity index (χ3n) is 4.29. The van der Waals surface area contributed by atoms with Crippen LogP contribution in [0.1, 0.15) is 30.0 Å². The number of nitrogens with zero attached hydrogens (tertiary/aromatic N) is 4. The molecule has 0 bridgehead atoms. The third kappa shape index (κ3) is 5.24. The number of aromatic nitrogens is 4. The minimum absolute atomic E-state index is 0.140. The van der Waals surface area contributed by atoms with Crippen molar-refractivity contribution in [2.45, 2.75) is 38.6 Å². The fourth-order valence-electron chi connectivity index (χ4n) is 2.67. The highest BCUT2D eigenvalue weighted by Gasteiger charge is 2.20. The second-order valence-electron chi connectivity index (χ2n) is 6.37. The lowest BCUT2D eigenvalue weighted by molar-refractivity contribution is -0.113. The molecule has 0 spiro atoms. The Hall–Kier alpha value is -2.65. The van der Waals surface area contributed by atoms with E-state index < -0.39 is 0 Å². The van der Waals surface area contributed by atoms with Gasteiger partial charge in [0.1, 0.15) is 5.75 Å². The van der Waals surface area contributed by atoms with E-state index in [1.54, 1.807) is 12.3 Å². The molecule has 0 saturated heterocycles. The first kappa shape index (κ1) is 21.1. The van der Waals surface area contributed by atoms with E-state index in [1.807, 2.05) is 35.9 Å². The number of carbonyl (C=O) groups excluding carboxylic acids is 1. The highest BCUT2D eigenvalue weighted by atomic mass is 32.2. The largest absolute Gasteiger partial charge is 0.482 e. The van der Waals surface area contributed by atoms with E-state index in [0.29, 0.717) is 22.7 Å². The molecular weight excluding hydrogens is 406 g/mol. The van der Waals surface area contributed by atoms with Crippen LogP contribution in [0, 0.1) is 13.8 Å². The molecule has 0 fully saturated rings. The summed E-state index contributed by atoms with van der Waals surface area (Å²) in [4.78, 5) is 16.2. The van der Waals surface area contributed by atoms with E-state index in [9.17, 15) is 4.79 Å². The first-order chi connectivity index (χ1) is 14.0. The molecule has 3 rings (SSSR count). The summed E-state index contributed by atoms with van der Waals surface area (Å²) in [5, 5.41) is 14.4. The number of benzene rings is 1. The predicted molar refractivity (Wildman–Crippen MR) is 117 cm³/mol. The van der Waals surface area contributed by atoms with Gasteiger partial charge in [-0.25, -0.2) is 4.98 Å². The van der Waals surface area contributed by atoms with Crippen molar-refractivity contribution in [3.8, 4) is 5.75 Å². The average Bonchev–Trinajstić information content (AvgIpc) is 3.34. The summed E-state index contributed by atoms with van der Waals surface area (Å²) < 4.78 is 8.08. The molecule has 7 nitrogen and oxygen atoms in total. The highest BCUT2D eigenvalue weighted by Crippen LogP contribution is 2.28. The van der Waals surface area contributed by atoms with E-state index in [2.05, 4.69) is 40.1 Å². The van der Waals surface area contributed by atoms with Crippen molar-refractivity contribution in [1.82, 2.24) is 19.7 Å². The monoisotopic (exact) mass is 429 g/mol. The molecule has 152 valence electrons. The van der Waals surface area contributed by atoms with Crippen LogP contribution in [0.25, 0.3) is 0 Å². The Morgan fingerprint density at radius 3 is 2.97 bits per heavy atom. The fourth-order valence-corrected chi connectivity index (χ4v) is 3.97. The Morgan fingerprint density at radius 1 is 1.41 bits per heavy atom. The summed E-state index contributed by atoms with van der Waals surface area (Å²) in [7, 11) is 0. The molecular formula is C20H23N5O2S2. The van der Waals surface area contributed by atoms with E-state index in [-0.39, 0.29) is 17.8 Å². The van der Waals surface area contributed by atoms with Crippen LogP contribution < -0.4 is 10.1 Å². The number of hydrogen-bond donors (Lipinski definition) is 1. The molecule has 0 radical (unpaired) electrons. The van der Waals surface area contributed by atoms with Gasteiger partial charge in [0.25, 0.3) is 0 Å². The number of allylic oxidation sites excluding steroid dienone is 1. The Bertz CT molecular complexity index is 985. The normalized spacial score (nSPS) is 11.8. The number of rotatable bonds is 9. The quantitative estimate of drug-likeness (QED) is 0.401. The lowest BCUT2D eigenvalue weighted by atomic mass is 10.1. The van der Waals surface area contributed by atoms with Crippen molar-refractivity contribution in [3.05, 3.63) is 59.4 Å². The number of thioether (sulfide) groups is 1. The lowest BCUT2D eigenvalue weighted by Crippen LogP contribution is -2.15. The van der Waals surface area contributed by atoms with Crippen LogP contribution in [-0.2, 0) is 11.3 Å². The van der Waals surface area contributed by atoms with Crippen LogP contribution in [0.4, 0.5) is 5.13 Å². The van der Waals surface area contributed by atoms with Crippen molar-refractivity contribution in [2.24, 2.45) is 0 Å². The SMILES string of the molecule is C=CCn1c(SCC(=O)Nc2nccs2)nnc1C(C)Oc1cccc(C)c1C. The van der Waals surface area contributed by atoms with Crippen molar-refractivity contribution in [2.75, 3.05) is 11.1 Å². The Labute approximate surface area is 178 Å². The summed E-state index contributed by atoms with van der Waals surface area (Å²) >= 11 is 2.70. The molecule has 3 aromatic rings. The number of anilines is 1. The van der Waals surface area contributed by atoms with Gasteiger partial charge in [-0.1, -0.05) is 30.0 Å². The number of ether oxygens (including phenoxy) is 1. The van der Waals surface area contributed by atoms with Gasteiger partial charge in [0.05, 0.1) is 5.75 Å². The maximum Gasteiger partial charge on any atom is 0.236 e. The number of carbonyl (C=O) groups is 1. The van der Waals surface area contributed by atoms with Gasteiger partial charge >= 0.3 is 0 Å². The maximum atomic E-state index is 12.1. The number of amides is 1. The molecule has 0 saturated carbocycles. The zero-order chi connectivity index (χ0) is 20.8. The Morgan fingerprint density at radius 2 is 2.24 bits per heavy atom. The lowest BCUT2D eigenvalue weighted by Gasteiger charge is -2.18. The van der Waals surface area contributed by atoms with Crippen LogP contribution in [0.3, 0.4) is 0 Å². The molecule has 9 heteroatoms. The smallest absolute Gasteiger partial charge is 0.236 e. The van der Waals surface area contributed by atoms with Gasteiger partial charge in [-0.05, 0) is 38.0 Å². The molecule has 0 aliphatic heterocycles. The van der Waals surface area contributed by atoms with Gasteiger partial charge in [0.2, 0.25) is 5.91 Å². The molecule has 0 aliphatic rings. The van der Waals surface area contributed by atoms with E-state index in [1.165, 1.54) is 28.7 Å². The second-order valence-corrected chi connectivity index (χ2v) is 8.21. The molecule has 1 N–H and O–H groups in total. The van der Waals surface area contributed by atoms with Gasteiger partial charge in [-0.2, -0.15) is 0 Å². The maximum absolute atomic E-state index is 12.1. The molecule has 2 heterocycles. The summed E-state index contributed by atoms with van der Waals surface area (Å²) in [5.41, 5.74) is 2.27. The molecule has 1 aromatic carbocycles. The molecule has 1 atom stereocenters. The van der Waals surface area contributed by atoms with Crippen LogP contribution >= 0.6 is 23.1 Å². The van der Waals surface area contributed by atoms with Crippen molar-refractivity contribution in [3.63, 3.8) is 0 Å². The minimum atomic E-state index is -0.304. The molecule has 0 aliphatic carbocycles. The summed E-state index contributed by atoms with van der Waals surface area (Å²) in [6.07, 6.45) is 3.12. The van der Waals surface area contributed by atoms with Crippen molar-refractivity contribution >= 4 is 34.1 Å². The van der Waals surface area contributed by atoms with Crippen LogP contribution in [0.2, 0.25) is 0 Å². The summed E-state index contributed by atoms with van der Waals surface area (Å²) in [6, 6.07) is 5.98. The molecule has 1 amide bonds. The number of aryl methyl sites for hydroxylation is 1. The van der Waals surface area contributed by atoms with Gasteiger partial charge in [0, 0.05) is 18.1 Å². The van der Waals surface area contributed by atoms with Gasteiger partial charge in [-0.3, -0.25) is 9.36 Å². The highest BCUT2D eigenvalue weighted by molar-refractivity contribution is 7.99. The van der Waals surface area contributed by atoms with Crippen LogP contribution in [0.5, 0.6) is 5.75 Å². The molecule has 2 aromatic heterocycles. The van der Waals surface area contributed by atoms with Crippen molar-refractivity contribution in [1.29, 1.82) is 0 Å². The Kier molecular flexibility index (Phi) is 7.05. The Balaban J connectivity index is 1.71. The fraction of sp³-hybridized carbons (Fsp3) is 0.300. The topological polar surface area (TPSA) is 81.9 Å². The second kappa shape index (κ2) is 9.71.